The molecule has 4 nitrogen and oxygen atoms in total. The molecule has 6 heteroatoms. The lowest BCUT2D eigenvalue weighted by atomic mass is 10.2. The minimum Gasteiger partial charge on any atom is -0.449 e. The van der Waals surface area contributed by atoms with E-state index in [1.54, 1.807) is 6.92 Å². The number of hydrogen-bond donors (Lipinski definition) is 1. The number of ether oxygens (including phenoxy) is 1. The van der Waals surface area contributed by atoms with E-state index in [4.69, 9.17) is 4.74 Å². The molecule has 0 aliphatic rings. The number of benzene rings is 1. The fourth-order valence-corrected chi connectivity index (χ4v) is 1.66. The van der Waals surface area contributed by atoms with E-state index in [1.165, 1.54) is 19.1 Å². The van der Waals surface area contributed by atoms with Gasteiger partial charge in [-0.3, -0.25) is 4.79 Å². The monoisotopic (exact) mass is 317 g/mol. The summed E-state index contributed by atoms with van der Waals surface area (Å²) in [5, 5.41) is 2.53. The molecule has 0 unspecified atom stereocenters. The van der Waals surface area contributed by atoms with Crippen molar-refractivity contribution in [2.45, 2.75) is 20.0 Å². The van der Waals surface area contributed by atoms with Crippen LogP contribution in [0.5, 0.6) is 0 Å². The number of amides is 1. The Balaban J connectivity index is 2.76. The Labute approximate surface area is 113 Å². The number of rotatable bonds is 4. The van der Waals surface area contributed by atoms with E-state index in [1.807, 2.05) is 0 Å². The van der Waals surface area contributed by atoms with Crippen LogP contribution >= 0.6 is 15.9 Å². The first-order valence-corrected chi connectivity index (χ1v) is 6.18. The highest BCUT2D eigenvalue weighted by Crippen LogP contribution is 2.19. The molecule has 0 aliphatic carbocycles. The van der Waals surface area contributed by atoms with E-state index in [2.05, 4.69) is 21.2 Å². The van der Waals surface area contributed by atoms with Gasteiger partial charge in [-0.1, -0.05) is 0 Å². The van der Waals surface area contributed by atoms with Crippen molar-refractivity contribution in [3.05, 3.63) is 34.1 Å². The molecule has 0 bridgehead atoms. The summed E-state index contributed by atoms with van der Waals surface area (Å²) >= 11 is 3.12. The summed E-state index contributed by atoms with van der Waals surface area (Å²) in [7, 11) is 0. The van der Waals surface area contributed by atoms with Crippen LogP contribution in [-0.2, 0) is 9.53 Å². The SMILES string of the molecule is CCNC(=O)[C@@H](C)OC(=O)c1cc(F)ccc1Br. The average molecular weight is 318 g/mol. The van der Waals surface area contributed by atoms with Crippen LogP contribution < -0.4 is 5.32 Å². The number of carbonyl (C=O) groups is 2. The molecule has 0 spiro atoms. The number of nitrogens with one attached hydrogen (secondary N) is 1. The van der Waals surface area contributed by atoms with Crippen molar-refractivity contribution in [3.63, 3.8) is 0 Å². The van der Waals surface area contributed by atoms with Gasteiger partial charge in [0.1, 0.15) is 5.82 Å². The Bertz CT molecular complexity index is 465. The Hall–Kier alpha value is -1.43. The van der Waals surface area contributed by atoms with Gasteiger partial charge in [0.15, 0.2) is 6.10 Å². The summed E-state index contributed by atoms with van der Waals surface area (Å²) in [6, 6.07) is 3.67. The van der Waals surface area contributed by atoms with Crippen LogP contribution in [0.3, 0.4) is 0 Å². The first-order chi connectivity index (χ1) is 8.45. The topological polar surface area (TPSA) is 55.4 Å². The minimum atomic E-state index is -0.924. The quantitative estimate of drug-likeness (QED) is 0.867. The molecule has 0 aliphatic heterocycles. The number of halogens is 2. The maximum Gasteiger partial charge on any atom is 0.340 e. The fourth-order valence-electron chi connectivity index (χ4n) is 1.25. The molecule has 1 aromatic carbocycles. The maximum atomic E-state index is 13.0. The third kappa shape index (κ3) is 3.80. The summed E-state index contributed by atoms with van der Waals surface area (Å²) < 4.78 is 18.4. The summed E-state index contributed by atoms with van der Waals surface area (Å²) in [6.45, 7) is 3.66. The Morgan fingerprint density at radius 2 is 2.17 bits per heavy atom. The standard InChI is InChI=1S/C12H13BrFNO3/c1-3-15-11(16)7(2)18-12(17)9-6-8(14)4-5-10(9)13/h4-7H,3H2,1-2H3,(H,15,16)/t7-/m1/s1. The molecule has 1 rings (SSSR count). The van der Waals surface area contributed by atoms with Crippen molar-refractivity contribution in [1.29, 1.82) is 0 Å². The Kier molecular flexibility index (Phi) is 5.27. The van der Waals surface area contributed by atoms with E-state index >= 15 is 0 Å². The molecular weight excluding hydrogens is 305 g/mol. The van der Waals surface area contributed by atoms with Gasteiger partial charge in [0.05, 0.1) is 5.56 Å². The van der Waals surface area contributed by atoms with Crippen molar-refractivity contribution in [3.8, 4) is 0 Å². The maximum absolute atomic E-state index is 13.0. The third-order valence-corrected chi connectivity index (χ3v) is 2.84. The summed E-state index contributed by atoms with van der Waals surface area (Å²) in [6.07, 6.45) is -0.924. The third-order valence-electron chi connectivity index (χ3n) is 2.15. The van der Waals surface area contributed by atoms with Gasteiger partial charge in [0.2, 0.25) is 0 Å². The van der Waals surface area contributed by atoms with Crippen LogP contribution in [0.4, 0.5) is 4.39 Å². The van der Waals surface area contributed by atoms with E-state index in [9.17, 15) is 14.0 Å². The molecule has 0 aromatic heterocycles. The van der Waals surface area contributed by atoms with Crippen molar-refractivity contribution in [2.75, 3.05) is 6.54 Å². The zero-order valence-electron chi connectivity index (χ0n) is 10.00. The molecule has 1 amide bonds. The zero-order valence-corrected chi connectivity index (χ0v) is 11.6. The largest absolute Gasteiger partial charge is 0.449 e. The van der Waals surface area contributed by atoms with Crippen LogP contribution in [0.25, 0.3) is 0 Å². The number of esters is 1. The Morgan fingerprint density at radius 1 is 1.50 bits per heavy atom. The van der Waals surface area contributed by atoms with Crippen molar-refractivity contribution >= 4 is 27.8 Å². The second-order valence-corrected chi connectivity index (χ2v) is 4.42. The lowest BCUT2D eigenvalue weighted by molar-refractivity contribution is -0.128. The predicted octanol–water partition coefficient (Wildman–Crippen LogP) is 2.27. The van der Waals surface area contributed by atoms with Crippen LogP contribution in [0.1, 0.15) is 24.2 Å². The molecule has 0 saturated carbocycles. The lowest BCUT2D eigenvalue weighted by Crippen LogP contribution is -2.35. The van der Waals surface area contributed by atoms with E-state index in [0.717, 1.165) is 6.07 Å². The lowest BCUT2D eigenvalue weighted by Gasteiger charge is -2.13. The molecule has 1 atom stereocenters. The van der Waals surface area contributed by atoms with Crippen molar-refractivity contribution in [2.24, 2.45) is 0 Å². The van der Waals surface area contributed by atoms with Crippen LogP contribution in [-0.4, -0.2) is 24.5 Å². The van der Waals surface area contributed by atoms with Gasteiger partial charge < -0.3 is 10.1 Å². The first kappa shape index (κ1) is 14.6. The second kappa shape index (κ2) is 6.49. The van der Waals surface area contributed by atoms with Gasteiger partial charge in [-0.2, -0.15) is 0 Å². The van der Waals surface area contributed by atoms with E-state index in [-0.39, 0.29) is 5.56 Å². The first-order valence-electron chi connectivity index (χ1n) is 5.39. The highest BCUT2D eigenvalue weighted by Gasteiger charge is 2.20. The number of hydrogen-bond acceptors (Lipinski definition) is 3. The smallest absolute Gasteiger partial charge is 0.340 e. The summed E-state index contributed by atoms with van der Waals surface area (Å²) in [4.78, 5) is 23.1. The Morgan fingerprint density at radius 3 is 2.78 bits per heavy atom. The van der Waals surface area contributed by atoms with Gasteiger partial charge in [0.25, 0.3) is 5.91 Å². The van der Waals surface area contributed by atoms with Crippen molar-refractivity contribution in [1.82, 2.24) is 5.32 Å². The second-order valence-electron chi connectivity index (χ2n) is 3.57. The molecule has 1 aromatic rings. The summed E-state index contributed by atoms with van der Waals surface area (Å²) in [5.74, 6) is -1.69. The van der Waals surface area contributed by atoms with Crippen molar-refractivity contribution < 1.29 is 18.7 Å². The summed E-state index contributed by atoms with van der Waals surface area (Å²) in [5.41, 5.74) is 0.0474. The number of likely N-dealkylation sites (N-methyl/N-ethyl adjacent to an activating group) is 1. The zero-order chi connectivity index (χ0) is 13.7. The van der Waals surface area contributed by atoms with Gasteiger partial charge in [-0.25, -0.2) is 9.18 Å². The minimum absolute atomic E-state index is 0.0474. The van der Waals surface area contributed by atoms with E-state index < -0.39 is 23.8 Å². The predicted molar refractivity (Wildman–Crippen MR) is 67.7 cm³/mol. The van der Waals surface area contributed by atoms with Gasteiger partial charge in [-0.15, -0.1) is 0 Å². The molecule has 0 fully saturated rings. The molecule has 0 radical (unpaired) electrons. The fraction of sp³-hybridized carbons (Fsp3) is 0.333. The molecule has 0 heterocycles. The molecular formula is C12H13BrFNO3. The average Bonchev–Trinajstić information content (AvgIpc) is 2.32. The molecule has 98 valence electrons. The van der Waals surface area contributed by atoms with Gasteiger partial charge >= 0.3 is 5.97 Å². The van der Waals surface area contributed by atoms with Crippen LogP contribution in [0, 0.1) is 5.82 Å². The number of carbonyl (C=O) groups excluding carboxylic acids is 2. The van der Waals surface area contributed by atoms with Gasteiger partial charge in [-0.05, 0) is 48.0 Å². The highest BCUT2D eigenvalue weighted by molar-refractivity contribution is 9.10. The molecule has 0 saturated heterocycles. The van der Waals surface area contributed by atoms with Crippen LogP contribution in [0.2, 0.25) is 0 Å². The van der Waals surface area contributed by atoms with Crippen LogP contribution in [0.15, 0.2) is 22.7 Å². The normalized spacial score (nSPS) is 11.8. The van der Waals surface area contributed by atoms with Gasteiger partial charge in [0, 0.05) is 11.0 Å². The molecule has 18 heavy (non-hydrogen) atoms. The molecule has 1 N–H and O–H groups in total. The van der Waals surface area contributed by atoms with E-state index in [0.29, 0.717) is 11.0 Å². The highest BCUT2D eigenvalue weighted by atomic mass is 79.9.